The first-order chi connectivity index (χ1) is 19.0. The topological polar surface area (TPSA) is 152 Å². The van der Waals surface area contributed by atoms with Crippen molar-refractivity contribution < 1.29 is 38.8 Å². The molecule has 3 heterocycles. The molecular formula is C29H35FN4O7. The van der Waals surface area contributed by atoms with Crippen LogP contribution in [0.2, 0.25) is 0 Å². The van der Waals surface area contributed by atoms with Crippen molar-refractivity contribution in [1.82, 2.24) is 15.1 Å². The number of halogens is 1. The Hall–Kier alpha value is -3.42. The molecule has 0 aromatic heterocycles. The van der Waals surface area contributed by atoms with Crippen molar-refractivity contribution in [3.8, 4) is 0 Å². The van der Waals surface area contributed by atoms with E-state index in [0.717, 1.165) is 4.90 Å². The summed E-state index contributed by atoms with van der Waals surface area (Å²) in [6, 6.07) is 8.75. The minimum atomic E-state index is -2.39. The third-order valence-electron chi connectivity index (χ3n) is 7.77. The number of imide groups is 1. The van der Waals surface area contributed by atoms with Crippen LogP contribution in [0.25, 0.3) is 0 Å². The van der Waals surface area contributed by atoms with Crippen LogP contribution in [0.1, 0.15) is 67.6 Å². The highest BCUT2D eigenvalue weighted by Gasteiger charge is 2.51. The monoisotopic (exact) mass is 570 g/mol. The van der Waals surface area contributed by atoms with Gasteiger partial charge in [0.2, 0.25) is 11.6 Å². The lowest BCUT2D eigenvalue weighted by Crippen LogP contribution is -2.63. The van der Waals surface area contributed by atoms with Crippen molar-refractivity contribution >= 4 is 23.4 Å². The lowest BCUT2D eigenvalue weighted by Gasteiger charge is -2.50. The fourth-order valence-electron chi connectivity index (χ4n) is 6.05. The number of aliphatic hydroxyl groups is 3. The quantitative estimate of drug-likeness (QED) is 0.257. The SMILES string of the molecule is CC1(C)CN(C(O)(O)c2ccc(F)c(CNc3cccc4c3CN(C3(O)CCC(=O)NC3=O)C4=O)c2)CC(C)(C)O1. The average Bonchev–Trinajstić information content (AvgIpc) is 3.21. The van der Waals surface area contributed by atoms with E-state index in [1.165, 1.54) is 23.1 Å². The molecular weight excluding hydrogens is 535 g/mol. The van der Waals surface area contributed by atoms with E-state index >= 15 is 0 Å². The predicted molar refractivity (Wildman–Crippen MR) is 144 cm³/mol. The van der Waals surface area contributed by atoms with Gasteiger partial charge in [-0.15, -0.1) is 0 Å². The molecule has 220 valence electrons. The molecule has 2 aromatic carbocycles. The Balaban J connectivity index is 1.36. The predicted octanol–water partition coefficient (Wildman–Crippen LogP) is 1.50. The number of benzene rings is 2. The lowest BCUT2D eigenvalue weighted by molar-refractivity contribution is -0.321. The van der Waals surface area contributed by atoms with Gasteiger partial charge in [0.25, 0.3) is 17.7 Å². The van der Waals surface area contributed by atoms with E-state index in [1.54, 1.807) is 18.2 Å². The highest BCUT2D eigenvalue weighted by atomic mass is 19.1. The van der Waals surface area contributed by atoms with Crippen LogP contribution in [0, 0.1) is 5.82 Å². The molecule has 12 heteroatoms. The van der Waals surface area contributed by atoms with Gasteiger partial charge in [-0.05, 0) is 58.0 Å². The van der Waals surface area contributed by atoms with Crippen molar-refractivity contribution in [2.45, 2.75) is 76.5 Å². The number of anilines is 1. The number of nitrogens with zero attached hydrogens (tertiary/aromatic N) is 2. The van der Waals surface area contributed by atoms with E-state index in [4.69, 9.17) is 4.74 Å². The van der Waals surface area contributed by atoms with E-state index in [1.807, 2.05) is 27.7 Å². The summed E-state index contributed by atoms with van der Waals surface area (Å²) in [6.07, 6.45) is -0.334. The molecule has 5 N–H and O–H groups in total. The fraction of sp³-hybridized carbons (Fsp3) is 0.483. The third-order valence-corrected chi connectivity index (χ3v) is 7.77. The summed E-state index contributed by atoms with van der Waals surface area (Å²) in [7, 11) is 0. The summed E-state index contributed by atoms with van der Waals surface area (Å²) >= 11 is 0. The maximum atomic E-state index is 14.9. The minimum absolute atomic E-state index is 0.0558. The van der Waals surface area contributed by atoms with Gasteiger partial charge in [-0.3, -0.25) is 24.6 Å². The number of carbonyl (C=O) groups is 3. The molecule has 0 bridgehead atoms. The standard InChI is InChI=1S/C29H35FN4O7/c1-26(2)15-33(16-27(3,4)41-26)29(39,40)18-8-9-21(30)17(12-18)13-31-22-7-5-6-19-20(22)14-34(24(19)36)28(38)11-10-23(35)32-25(28)37/h5-9,12,31,38-40H,10-11,13-16H2,1-4H3,(H,32,35,37). The van der Waals surface area contributed by atoms with Gasteiger partial charge in [0.15, 0.2) is 0 Å². The van der Waals surface area contributed by atoms with Crippen LogP contribution in [-0.4, -0.2) is 72.9 Å². The number of nitrogens with one attached hydrogen (secondary N) is 2. The Morgan fingerprint density at radius 2 is 1.76 bits per heavy atom. The number of piperidine rings is 1. The summed E-state index contributed by atoms with van der Waals surface area (Å²) in [5, 5.41) is 38.6. The molecule has 0 aliphatic carbocycles. The fourth-order valence-corrected chi connectivity index (χ4v) is 6.05. The maximum Gasteiger partial charge on any atom is 0.279 e. The summed E-state index contributed by atoms with van der Waals surface area (Å²) in [5.74, 6) is -4.99. The van der Waals surface area contributed by atoms with Crippen LogP contribution in [0.4, 0.5) is 10.1 Å². The van der Waals surface area contributed by atoms with E-state index in [0.29, 0.717) is 11.3 Å². The number of fused-ring (bicyclic) bond motifs is 1. The maximum absolute atomic E-state index is 14.9. The van der Waals surface area contributed by atoms with Crippen LogP contribution >= 0.6 is 0 Å². The largest absolute Gasteiger partial charge is 0.381 e. The van der Waals surface area contributed by atoms with Crippen molar-refractivity contribution in [2.75, 3.05) is 18.4 Å². The zero-order valence-corrected chi connectivity index (χ0v) is 23.5. The van der Waals surface area contributed by atoms with Crippen LogP contribution in [0.5, 0.6) is 0 Å². The highest BCUT2D eigenvalue weighted by Crippen LogP contribution is 2.37. The van der Waals surface area contributed by atoms with E-state index in [9.17, 15) is 34.1 Å². The molecule has 1 atom stereocenters. The van der Waals surface area contributed by atoms with E-state index < -0.39 is 46.4 Å². The molecule has 1 unspecified atom stereocenters. The lowest BCUT2D eigenvalue weighted by atomic mass is 9.96. The van der Waals surface area contributed by atoms with E-state index in [-0.39, 0.29) is 55.7 Å². The molecule has 2 fully saturated rings. The summed E-state index contributed by atoms with van der Waals surface area (Å²) < 4.78 is 21.0. The number of ether oxygens (including phenoxy) is 1. The highest BCUT2D eigenvalue weighted by molar-refractivity contribution is 6.07. The summed E-state index contributed by atoms with van der Waals surface area (Å²) in [6.45, 7) is 7.75. The Bertz CT molecular complexity index is 1410. The van der Waals surface area contributed by atoms with Gasteiger partial charge in [-0.1, -0.05) is 6.07 Å². The number of hydrogen-bond acceptors (Lipinski definition) is 9. The van der Waals surface area contributed by atoms with Crippen LogP contribution < -0.4 is 10.6 Å². The number of hydrogen-bond donors (Lipinski definition) is 5. The van der Waals surface area contributed by atoms with Crippen LogP contribution in [0.3, 0.4) is 0 Å². The van der Waals surface area contributed by atoms with Gasteiger partial charge in [0.05, 0.1) is 17.7 Å². The van der Waals surface area contributed by atoms with Crippen LogP contribution in [-0.2, 0) is 33.3 Å². The minimum Gasteiger partial charge on any atom is -0.381 e. The van der Waals surface area contributed by atoms with Gasteiger partial charge in [0, 0.05) is 60.4 Å². The number of morpholine rings is 1. The number of carbonyl (C=O) groups excluding carboxylic acids is 3. The smallest absolute Gasteiger partial charge is 0.279 e. The Kier molecular flexibility index (Phi) is 6.98. The first kappa shape index (κ1) is 29.1. The normalized spacial score (nSPS) is 24.3. The first-order valence-corrected chi connectivity index (χ1v) is 13.5. The van der Waals surface area contributed by atoms with Gasteiger partial charge in [-0.2, -0.15) is 0 Å². The Labute approximate surface area is 236 Å². The van der Waals surface area contributed by atoms with E-state index in [2.05, 4.69) is 10.6 Å². The van der Waals surface area contributed by atoms with Crippen molar-refractivity contribution in [3.63, 3.8) is 0 Å². The van der Waals surface area contributed by atoms with Crippen molar-refractivity contribution in [2.24, 2.45) is 0 Å². The first-order valence-electron chi connectivity index (χ1n) is 13.5. The van der Waals surface area contributed by atoms with Crippen molar-refractivity contribution in [1.29, 1.82) is 0 Å². The average molecular weight is 571 g/mol. The molecule has 3 aliphatic rings. The molecule has 2 saturated heterocycles. The zero-order chi connectivity index (χ0) is 30.0. The third kappa shape index (κ3) is 5.33. The zero-order valence-electron chi connectivity index (χ0n) is 23.5. The molecule has 0 radical (unpaired) electrons. The molecule has 41 heavy (non-hydrogen) atoms. The van der Waals surface area contributed by atoms with Crippen LogP contribution in [0.15, 0.2) is 36.4 Å². The molecule has 3 amide bonds. The summed E-state index contributed by atoms with van der Waals surface area (Å²) in [5.41, 5.74) is -1.97. The molecule has 3 aliphatic heterocycles. The second kappa shape index (κ2) is 9.85. The molecule has 0 saturated carbocycles. The Morgan fingerprint density at radius 1 is 1.07 bits per heavy atom. The summed E-state index contributed by atoms with van der Waals surface area (Å²) in [4.78, 5) is 39.7. The second-order valence-corrected chi connectivity index (χ2v) is 12.2. The molecule has 2 aromatic rings. The van der Waals surface area contributed by atoms with Gasteiger partial charge >= 0.3 is 0 Å². The Morgan fingerprint density at radius 3 is 2.41 bits per heavy atom. The molecule has 5 rings (SSSR count). The van der Waals surface area contributed by atoms with Crippen molar-refractivity contribution in [3.05, 3.63) is 64.5 Å². The molecule has 0 spiro atoms. The number of amides is 3. The van der Waals surface area contributed by atoms with Gasteiger partial charge in [0.1, 0.15) is 5.82 Å². The van der Waals surface area contributed by atoms with Gasteiger partial charge < -0.3 is 25.4 Å². The second-order valence-electron chi connectivity index (χ2n) is 12.2. The van der Waals surface area contributed by atoms with Gasteiger partial charge in [-0.25, -0.2) is 9.29 Å². The number of rotatable bonds is 6. The molecule has 11 nitrogen and oxygen atoms in total.